The van der Waals surface area contributed by atoms with Crippen molar-refractivity contribution < 1.29 is 4.42 Å². The summed E-state index contributed by atoms with van der Waals surface area (Å²) in [6.07, 6.45) is 0. The van der Waals surface area contributed by atoms with E-state index in [0.29, 0.717) is 0 Å². The van der Waals surface area contributed by atoms with Gasteiger partial charge in [-0.25, -0.2) is 0 Å². The molecule has 3 nitrogen and oxygen atoms in total. The highest BCUT2D eigenvalue weighted by Gasteiger charge is 2.00. The maximum atomic E-state index is 5.59. The normalized spacial score (nSPS) is 10.4. The molecule has 0 aliphatic heterocycles. The summed E-state index contributed by atoms with van der Waals surface area (Å²) in [5.41, 5.74) is 7.13. The topological polar surface area (TPSA) is 51.2 Å². The Labute approximate surface area is 70.2 Å². The molecule has 0 bridgehead atoms. The average molecular weight is 162 g/mol. The molecule has 0 atom stereocenters. The average Bonchev–Trinajstić information content (AvgIpc) is 2.46. The van der Waals surface area contributed by atoms with E-state index in [0.717, 1.165) is 22.5 Å². The lowest BCUT2D eigenvalue weighted by atomic mass is 10.2. The van der Waals surface area contributed by atoms with Crippen LogP contribution >= 0.6 is 0 Å². The van der Waals surface area contributed by atoms with Gasteiger partial charge in [0.2, 0.25) is 0 Å². The van der Waals surface area contributed by atoms with Crippen molar-refractivity contribution in [2.24, 2.45) is 0 Å². The number of hydrogen-bond donors (Lipinski definition) is 2. The minimum atomic E-state index is 0.722. The number of hydrogen-bond acceptors (Lipinski definition) is 3. The van der Waals surface area contributed by atoms with E-state index in [2.05, 4.69) is 5.32 Å². The van der Waals surface area contributed by atoms with Gasteiger partial charge in [0.05, 0.1) is 0 Å². The first-order valence-electron chi connectivity index (χ1n) is 3.76. The Morgan fingerprint density at radius 3 is 2.92 bits per heavy atom. The second-order valence-electron chi connectivity index (χ2n) is 2.66. The van der Waals surface area contributed by atoms with Crippen molar-refractivity contribution in [2.75, 3.05) is 18.1 Å². The second kappa shape index (κ2) is 2.44. The smallest absolute Gasteiger partial charge is 0.193 e. The zero-order chi connectivity index (χ0) is 8.55. The largest absolute Gasteiger partial charge is 0.441 e. The maximum Gasteiger partial charge on any atom is 0.193 e. The summed E-state index contributed by atoms with van der Waals surface area (Å²) in [4.78, 5) is 0. The number of nitrogens with one attached hydrogen (secondary N) is 1. The van der Waals surface area contributed by atoms with Crippen LogP contribution in [0.3, 0.4) is 0 Å². The summed E-state index contributed by atoms with van der Waals surface area (Å²) in [7, 11) is 1.82. The Morgan fingerprint density at radius 1 is 1.33 bits per heavy atom. The number of benzene rings is 1. The number of fused-ring (bicyclic) bond motifs is 1. The summed E-state index contributed by atoms with van der Waals surface area (Å²) in [6, 6.07) is 7.55. The second-order valence-corrected chi connectivity index (χ2v) is 2.66. The van der Waals surface area contributed by atoms with Crippen LogP contribution in [0.25, 0.3) is 11.0 Å². The first-order chi connectivity index (χ1) is 5.79. The lowest BCUT2D eigenvalue weighted by Crippen LogP contribution is -1.81. The molecular formula is C9H10N2O. The van der Waals surface area contributed by atoms with Gasteiger partial charge in [-0.1, -0.05) is 0 Å². The molecule has 3 heteroatoms. The third-order valence-corrected chi connectivity index (χ3v) is 1.79. The van der Waals surface area contributed by atoms with Crippen LogP contribution in [0.15, 0.2) is 28.7 Å². The summed E-state index contributed by atoms with van der Waals surface area (Å²) in [6.45, 7) is 0. The van der Waals surface area contributed by atoms with Gasteiger partial charge in [0.25, 0.3) is 0 Å². The van der Waals surface area contributed by atoms with Crippen LogP contribution in [0.2, 0.25) is 0 Å². The number of anilines is 2. The Hall–Kier alpha value is -1.64. The van der Waals surface area contributed by atoms with Gasteiger partial charge in [-0.2, -0.15) is 0 Å². The van der Waals surface area contributed by atoms with E-state index in [4.69, 9.17) is 10.2 Å². The molecular weight excluding hydrogens is 152 g/mol. The lowest BCUT2D eigenvalue weighted by molar-refractivity contribution is 0.632. The van der Waals surface area contributed by atoms with Crippen molar-refractivity contribution in [3.8, 4) is 0 Å². The van der Waals surface area contributed by atoms with Gasteiger partial charge in [0.1, 0.15) is 5.58 Å². The molecule has 1 aromatic carbocycles. The predicted molar refractivity (Wildman–Crippen MR) is 50.2 cm³/mol. The first-order valence-corrected chi connectivity index (χ1v) is 3.76. The highest BCUT2D eigenvalue weighted by molar-refractivity contribution is 5.83. The van der Waals surface area contributed by atoms with Gasteiger partial charge < -0.3 is 15.5 Å². The summed E-state index contributed by atoms with van der Waals surface area (Å²) in [5.74, 6) is 0.760. The van der Waals surface area contributed by atoms with Crippen molar-refractivity contribution in [1.29, 1.82) is 0 Å². The minimum absolute atomic E-state index is 0.722. The molecule has 2 aromatic rings. The third-order valence-electron chi connectivity index (χ3n) is 1.79. The Bertz CT molecular complexity index is 406. The molecule has 1 aromatic heterocycles. The van der Waals surface area contributed by atoms with Crippen LogP contribution < -0.4 is 11.1 Å². The fourth-order valence-corrected chi connectivity index (χ4v) is 1.17. The van der Waals surface area contributed by atoms with Crippen LogP contribution in [-0.2, 0) is 0 Å². The number of rotatable bonds is 1. The summed E-state index contributed by atoms with van der Waals surface area (Å²) >= 11 is 0. The highest BCUT2D eigenvalue weighted by Crippen LogP contribution is 2.24. The van der Waals surface area contributed by atoms with Crippen LogP contribution in [0.4, 0.5) is 11.6 Å². The van der Waals surface area contributed by atoms with Gasteiger partial charge >= 0.3 is 0 Å². The molecule has 3 N–H and O–H groups in total. The molecule has 0 unspecified atom stereocenters. The Balaban J connectivity index is 2.67. The van der Waals surface area contributed by atoms with E-state index < -0.39 is 0 Å². The van der Waals surface area contributed by atoms with E-state index >= 15 is 0 Å². The summed E-state index contributed by atoms with van der Waals surface area (Å²) < 4.78 is 5.41. The third kappa shape index (κ3) is 0.993. The van der Waals surface area contributed by atoms with E-state index in [1.54, 1.807) is 0 Å². The molecule has 62 valence electrons. The first kappa shape index (κ1) is 7.03. The molecule has 0 amide bonds. The minimum Gasteiger partial charge on any atom is -0.441 e. The molecule has 0 saturated carbocycles. The zero-order valence-corrected chi connectivity index (χ0v) is 6.79. The number of furan rings is 1. The number of nitrogens with two attached hydrogens (primary N) is 1. The maximum absolute atomic E-state index is 5.59. The van der Waals surface area contributed by atoms with Crippen LogP contribution in [-0.4, -0.2) is 7.05 Å². The van der Waals surface area contributed by atoms with Crippen LogP contribution in [0.1, 0.15) is 0 Å². The fraction of sp³-hybridized carbons (Fsp3) is 0.111. The van der Waals surface area contributed by atoms with Crippen molar-refractivity contribution in [1.82, 2.24) is 0 Å². The number of nitrogen functional groups attached to an aromatic ring is 1. The van der Waals surface area contributed by atoms with Gasteiger partial charge in [-0.15, -0.1) is 0 Å². The van der Waals surface area contributed by atoms with Gasteiger partial charge in [0, 0.05) is 30.3 Å². The quantitative estimate of drug-likeness (QED) is 0.631. The van der Waals surface area contributed by atoms with Crippen molar-refractivity contribution in [2.45, 2.75) is 0 Å². The van der Waals surface area contributed by atoms with E-state index in [1.165, 1.54) is 0 Å². The van der Waals surface area contributed by atoms with Gasteiger partial charge in [0.15, 0.2) is 5.88 Å². The Kier molecular flexibility index (Phi) is 1.43. The lowest BCUT2D eigenvalue weighted by Gasteiger charge is -1.90. The molecule has 0 spiro atoms. The molecule has 0 radical (unpaired) electrons. The molecule has 0 fully saturated rings. The standard InChI is InChI=1S/C9H10N2O/c1-11-9-4-6-2-3-7(10)5-8(6)12-9/h2-5,11H,10H2,1H3. The van der Waals surface area contributed by atoms with Gasteiger partial charge in [-0.3, -0.25) is 0 Å². The molecule has 0 saturated heterocycles. The summed E-state index contributed by atoms with van der Waals surface area (Å²) in [5, 5.41) is 3.99. The molecule has 12 heavy (non-hydrogen) atoms. The predicted octanol–water partition coefficient (Wildman–Crippen LogP) is 2.06. The highest BCUT2D eigenvalue weighted by atomic mass is 16.3. The Morgan fingerprint density at radius 2 is 2.17 bits per heavy atom. The SMILES string of the molecule is CNc1cc2ccc(N)cc2o1. The zero-order valence-electron chi connectivity index (χ0n) is 6.79. The van der Waals surface area contributed by atoms with E-state index in [-0.39, 0.29) is 0 Å². The molecule has 0 aliphatic rings. The molecule has 0 aliphatic carbocycles. The van der Waals surface area contributed by atoms with Crippen molar-refractivity contribution in [3.05, 3.63) is 24.3 Å². The van der Waals surface area contributed by atoms with Crippen LogP contribution in [0, 0.1) is 0 Å². The van der Waals surface area contributed by atoms with Crippen molar-refractivity contribution in [3.63, 3.8) is 0 Å². The monoisotopic (exact) mass is 162 g/mol. The van der Waals surface area contributed by atoms with Gasteiger partial charge in [-0.05, 0) is 12.1 Å². The van der Waals surface area contributed by atoms with Crippen LogP contribution in [0.5, 0.6) is 0 Å². The molecule has 1 heterocycles. The molecule has 2 rings (SSSR count). The van der Waals surface area contributed by atoms with E-state index in [9.17, 15) is 0 Å². The fourth-order valence-electron chi connectivity index (χ4n) is 1.17. The van der Waals surface area contributed by atoms with E-state index in [1.807, 2.05) is 31.3 Å². The van der Waals surface area contributed by atoms with Crippen molar-refractivity contribution >= 4 is 22.5 Å².